The number of imide groups is 1. The fraction of sp³-hybridized carbons (Fsp3) is 0.467. The molecule has 0 bridgehead atoms. The van der Waals surface area contributed by atoms with Crippen LogP contribution in [0.2, 0.25) is 0 Å². The number of carbonyl (C=O) groups is 3. The molecule has 0 spiro atoms. The van der Waals surface area contributed by atoms with Crippen molar-refractivity contribution >= 4 is 23.5 Å². The van der Waals surface area contributed by atoms with E-state index < -0.39 is 41.7 Å². The number of aromatic nitrogens is 1. The number of alkyl halides is 3. The van der Waals surface area contributed by atoms with E-state index in [9.17, 15) is 27.6 Å². The predicted molar refractivity (Wildman–Crippen MR) is 79.3 cm³/mol. The number of anilines is 1. The summed E-state index contributed by atoms with van der Waals surface area (Å²) in [5, 5.41) is 1.56. The summed E-state index contributed by atoms with van der Waals surface area (Å²) in [7, 11) is 0. The Morgan fingerprint density at radius 2 is 1.84 bits per heavy atom. The van der Waals surface area contributed by atoms with Crippen molar-refractivity contribution in [2.45, 2.75) is 39.0 Å². The van der Waals surface area contributed by atoms with Gasteiger partial charge < -0.3 is 4.74 Å². The average molecular weight is 359 g/mol. The van der Waals surface area contributed by atoms with Crippen molar-refractivity contribution < 1.29 is 32.3 Å². The van der Waals surface area contributed by atoms with Crippen molar-refractivity contribution in [2.75, 3.05) is 11.6 Å². The Hall–Kier alpha value is -2.65. The molecule has 2 amide bonds. The zero-order valence-electron chi connectivity index (χ0n) is 13.8. The molecule has 7 nitrogen and oxygen atoms in total. The minimum atomic E-state index is -4.63. The van der Waals surface area contributed by atoms with Gasteiger partial charge in [0.15, 0.2) is 5.78 Å². The van der Waals surface area contributed by atoms with Gasteiger partial charge in [-0.2, -0.15) is 18.2 Å². The molecule has 10 heteroatoms. The third-order valence-corrected chi connectivity index (χ3v) is 3.05. The lowest BCUT2D eigenvalue weighted by molar-refractivity contribution is -0.141. The van der Waals surface area contributed by atoms with E-state index in [4.69, 9.17) is 4.74 Å². The van der Waals surface area contributed by atoms with Crippen LogP contribution in [-0.4, -0.2) is 39.9 Å². The number of rotatable bonds is 1. The number of carbonyl (C=O) groups excluding carboxylic acids is 3. The standard InChI is InChI=1S/C15H16F3N3O4/c1-14(2,3)25-13(24)21-12(23)6-10(22)8-20(21)9-4-5-11(19-7-9)15(16,17)18/h4-5,7H,6,8H2,1-3H3. The van der Waals surface area contributed by atoms with Crippen LogP contribution in [0, 0.1) is 0 Å². The van der Waals surface area contributed by atoms with E-state index >= 15 is 0 Å². The molecule has 1 aromatic rings. The summed E-state index contributed by atoms with van der Waals surface area (Å²) < 4.78 is 42.9. The molecule has 136 valence electrons. The first-order valence-corrected chi connectivity index (χ1v) is 7.27. The minimum Gasteiger partial charge on any atom is -0.442 e. The van der Waals surface area contributed by atoms with Crippen LogP contribution in [0.25, 0.3) is 0 Å². The second-order valence-electron chi connectivity index (χ2n) is 6.36. The van der Waals surface area contributed by atoms with Crippen molar-refractivity contribution in [1.29, 1.82) is 0 Å². The topological polar surface area (TPSA) is 79.8 Å². The number of nitrogens with zero attached hydrogens (tertiary/aromatic N) is 3. The van der Waals surface area contributed by atoms with Crippen molar-refractivity contribution in [2.24, 2.45) is 0 Å². The molecule has 2 heterocycles. The summed E-state index contributed by atoms with van der Waals surface area (Å²) in [6.07, 6.45) is -5.31. The van der Waals surface area contributed by atoms with Crippen LogP contribution in [-0.2, 0) is 20.5 Å². The zero-order valence-corrected chi connectivity index (χ0v) is 13.8. The molecular formula is C15H16F3N3O4. The first kappa shape index (κ1) is 18.7. The van der Waals surface area contributed by atoms with Crippen molar-refractivity contribution in [1.82, 2.24) is 9.99 Å². The third-order valence-electron chi connectivity index (χ3n) is 3.05. The number of hydrogen-bond acceptors (Lipinski definition) is 6. The number of hydrazine groups is 1. The lowest BCUT2D eigenvalue weighted by atomic mass is 10.2. The van der Waals surface area contributed by atoms with Gasteiger partial charge in [-0.05, 0) is 32.9 Å². The van der Waals surface area contributed by atoms with Gasteiger partial charge in [-0.1, -0.05) is 0 Å². The second kappa shape index (κ2) is 6.34. The highest BCUT2D eigenvalue weighted by atomic mass is 19.4. The molecule has 0 atom stereocenters. The van der Waals surface area contributed by atoms with Gasteiger partial charge in [-0.25, -0.2) is 9.78 Å². The van der Waals surface area contributed by atoms with Crippen LogP contribution in [0.4, 0.5) is 23.7 Å². The summed E-state index contributed by atoms with van der Waals surface area (Å²) in [6.45, 7) is 4.41. The van der Waals surface area contributed by atoms with E-state index in [0.717, 1.165) is 17.3 Å². The minimum absolute atomic E-state index is 0.0136. The highest BCUT2D eigenvalue weighted by molar-refractivity contribution is 6.08. The third kappa shape index (κ3) is 4.46. The number of halogens is 3. The van der Waals surface area contributed by atoms with E-state index in [2.05, 4.69) is 4.98 Å². The SMILES string of the molecule is CC(C)(C)OC(=O)N1C(=O)CC(=O)CN1c1ccc(C(F)(F)F)nc1. The van der Waals surface area contributed by atoms with Crippen molar-refractivity contribution in [3.63, 3.8) is 0 Å². The molecule has 1 aliphatic heterocycles. The van der Waals surface area contributed by atoms with Crippen LogP contribution < -0.4 is 5.01 Å². The number of pyridine rings is 1. The smallest absolute Gasteiger partial charge is 0.436 e. The predicted octanol–water partition coefficient (Wildman–Crippen LogP) is 2.56. The highest BCUT2D eigenvalue weighted by Gasteiger charge is 2.39. The molecule has 0 unspecified atom stereocenters. The summed E-state index contributed by atoms with van der Waals surface area (Å²) in [4.78, 5) is 39.3. The molecule has 1 fully saturated rings. The van der Waals surface area contributed by atoms with Gasteiger partial charge >= 0.3 is 12.3 Å². The molecule has 0 radical (unpaired) electrons. The summed E-state index contributed by atoms with van der Waals surface area (Å²) in [5.74, 6) is -1.31. The highest BCUT2D eigenvalue weighted by Crippen LogP contribution is 2.29. The number of ether oxygens (including phenoxy) is 1. The van der Waals surface area contributed by atoms with Crippen LogP contribution in [0.1, 0.15) is 32.9 Å². The Labute approximate surface area is 141 Å². The van der Waals surface area contributed by atoms with Crippen LogP contribution >= 0.6 is 0 Å². The largest absolute Gasteiger partial charge is 0.442 e. The summed E-state index contributed by atoms with van der Waals surface area (Å²) in [6, 6.07) is 1.73. The van der Waals surface area contributed by atoms with E-state index in [1.807, 2.05) is 0 Å². The lowest BCUT2D eigenvalue weighted by Crippen LogP contribution is -2.57. The first-order valence-electron chi connectivity index (χ1n) is 7.27. The van der Waals surface area contributed by atoms with Gasteiger partial charge in [0, 0.05) is 0 Å². The number of hydrogen-bond donors (Lipinski definition) is 0. The second-order valence-corrected chi connectivity index (χ2v) is 6.36. The fourth-order valence-electron chi connectivity index (χ4n) is 2.09. The first-order chi connectivity index (χ1) is 11.4. The Balaban J connectivity index is 2.35. The Morgan fingerprint density at radius 1 is 1.20 bits per heavy atom. The Morgan fingerprint density at radius 3 is 2.32 bits per heavy atom. The molecule has 0 aromatic carbocycles. The molecular weight excluding hydrogens is 343 g/mol. The van der Waals surface area contributed by atoms with Crippen LogP contribution in [0.3, 0.4) is 0 Å². The monoisotopic (exact) mass is 359 g/mol. The molecule has 2 rings (SSSR count). The molecule has 0 aliphatic carbocycles. The molecule has 1 aromatic heterocycles. The van der Waals surface area contributed by atoms with Crippen molar-refractivity contribution in [3.05, 3.63) is 24.0 Å². The van der Waals surface area contributed by atoms with E-state index in [0.29, 0.717) is 11.1 Å². The molecule has 0 N–H and O–H groups in total. The van der Waals surface area contributed by atoms with Gasteiger partial charge in [0.25, 0.3) is 5.91 Å². The molecule has 1 saturated heterocycles. The van der Waals surface area contributed by atoms with Gasteiger partial charge in [-0.15, -0.1) is 0 Å². The fourth-order valence-corrected chi connectivity index (χ4v) is 2.09. The maximum absolute atomic E-state index is 12.6. The van der Waals surface area contributed by atoms with Crippen LogP contribution in [0.5, 0.6) is 0 Å². The van der Waals surface area contributed by atoms with E-state index in [-0.39, 0.29) is 12.2 Å². The van der Waals surface area contributed by atoms with Crippen molar-refractivity contribution in [3.8, 4) is 0 Å². The number of Topliss-reactive ketones (excluding diaryl/α,β-unsaturated/α-hetero) is 1. The van der Waals surface area contributed by atoms with E-state index in [1.54, 1.807) is 20.8 Å². The normalized spacial score (nSPS) is 16.2. The van der Waals surface area contributed by atoms with Gasteiger partial charge in [0.1, 0.15) is 11.3 Å². The molecule has 25 heavy (non-hydrogen) atoms. The Bertz CT molecular complexity index is 695. The quantitative estimate of drug-likeness (QED) is 0.717. The van der Waals surface area contributed by atoms with Gasteiger partial charge in [0.05, 0.1) is 24.8 Å². The van der Waals surface area contributed by atoms with Gasteiger partial charge in [-0.3, -0.25) is 14.6 Å². The summed E-state index contributed by atoms with van der Waals surface area (Å²) in [5.41, 5.74) is -2.04. The summed E-state index contributed by atoms with van der Waals surface area (Å²) >= 11 is 0. The number of amides is 2. The van der Waals surface area contributed by atoms with E-state index in [1.165, 1.54) is 0 Å². The molecule has 0 saturated carbocycles. The van der Waals surface area contributed by atoms with Crippen LogP contribution in [0.15, 0.2) is 18.3 Å². The number of ketones is 1. The lowest BCUT2D eigenvalue weighted by Gasteiger charge is -2.37. The maximum Gasteiger partial charge on any atom is 0.436 e. The maximum atomic E-state index is 12.6. The zero-order chi connectivity index (χ0) is 19.0. The Kier molecular flexibility index (Phi) is 4.74. The molecule has 1 aliphatic rings. The average Bonchev–Trinajstić information content (AvgIpc) is 2.43. The van der Waals surface area contributed by atoms with Gasteiger partial charge in [0.2, 0.25) is 0 Å².